The van der Waals surface area contributed by atoms with E-state index in [0.717, 1.165) is 43.0 Å². The Morgan fingerprint density at radius 2 is 1.71 bits per heavy atom. The fourth-order valence-corrected chi connectivity index (χ4v) is 7.23. The van der Waals surface area contributed by atoms with Crippen molar-refractivity contribution in [3.8, 4) is 0 Å². The van der Waals surface area contributed by atoms with Gasteiger partial charge in [-0.2, -0.15) is 0 Å². The summed E-state index contributed by atoms with van der Waals surface area (Å²) in [6.45, 7) is 9.10. The van der Waals surface area contributed by atoms with Crippen LogP contribution in [-0.2, 0) is 6.42 Å². The van der Waals surface area contributed by atoms with Gasteiger partial charge in [0.05, 0.1) is 12.4 Å². The van der Waals surface area contributed by atoms with Crippen LogP contribution in [0.5, 0.6) is 0 Å². The van der Waals surface area contributed by atoms with E-state index in [9.17, 15) is 0 Å². The minimum atomic E-state index is 0.537. The average Bonchev–Trinajstić information content (AvgIpc) is 3.49. The molecule has 0 radical (unpaired) electrons. The zero-order valence-corrected chi connectivity index (χ0v) is 25.2. The van der Waals surface area contributed by atoms with Gasteiger partial charge >= 0.3 is 0 Å². The van der Waals surface area contributed by atoms with E-state index in [1.165, 1.54) is 108 Å². The monoisotopic (exact) mass is 538 g/mol. The van der Waals surface area contributed by atoms with E-state index in [0.29, 0.717) is 12.1 Å². The van der Waals surface area contributed by atoms with E-state index >= 15 is 0 Å². The molecule has 1 aromatic rings. The lowest BCUT2D eigenvalue weighted by Crippen LogP contribution is -2.36. The van der Waals surface area contributed by atoms with E-state index in [4.69, 9.17) is 17.2 Å². The number of benzene rings is 1. The Hall–Kier alpha value is -1.62. The van der Waals surface area contributed by atoms with Crippen LogP contribution in [-0.4, -0.2) is 59.0 Å². The van der Waals surface area contributed by atoms with Crippen LogP contribution >= 0.6 is 12.2 Å². The second-order valence-corrected chi connectivity index (χ2v) is 13.0. The van der Waals surface area contributed by atoms with Crippen LogP contribution in [0.1, 0.15) is 109 Å². The SMILES string of the molecule is CC(C)C[C@@H]1CN(CCCC[C@H]2CN=C(CCCCc3ccccc3)N2)C(=S)N1CCCC1CCCCC1. The number of rotatable bonds is 16. The van der Waals surface area contributed by atoms with Gasteiger partial charge < -0.3 is 15.1 Å². The van der Waals surface area contributed by atoms with Gasteiger partial charge in [-0.3, -0.25) is 4.99 Å². The molecule has 1 saturated heterocycles. The van der Waals surface area contributed by atoms with Crippen molar-refractivity contribution in [2.75, 3.05) is 26.2 Å². The largest absolute Gasteiger partial charge is 0.369 e. The van der Waals surface area contributed by atoms with Crippen LogP contribution in [0.25, 0.3) is 0 Å². The van der Waals surface area contributed by atoms with Crippen LogP contribution < -0.4 is 5.32 Å². The summed E-state index contributed by atoms with van der Waals surface area (Å²) in [6.07, 6.45) is 19.7. The molecule has 0 spiro atoms. The van der Waals surface area contributed by atoms with Crippen molar-refractivity contribution in [3.63, 3.8) is 0 Å². The fraction of sp³-hybridized carbons (Fsp3) is 0.758. The predicted molar refractivity (Wildman–Crippen MR) is 167 cm³/mol. The molecular weight excluding hydrogens is 484 g/mol. The molecule has 212 valence electrons. The molecule has 4 nitrogen and oxygen atoms in total. The highest BCUT2D eigenvalue weighted by atomic mass is 32.1. The molecule has 2 fully saturated rings. The van der Waals surface area contributed by atoms with Crippen molar-refractivity contribution < 1.29 is 0 Å². The van der Waals surface area contributed by atoms with E-state index in [2.05, 4.69) is 59.3 Å². The van der Waals surface area contributed by atoms with Gasteiger partial charge in [0.25, 0.3) is 0 Å². The maximum absolute atomic E-state index is 6.04. The second-order valence-electron chi connectivity index (χ2n) is 12.7. The van der Waals surface area contributed by atoms with Crippen molar-refractivity contribution >= 4 is 23.2 Å². The number of aryl methyl sites for hydroxylation is 1. The van der Waals surface area contributed by atoms with Gasteiger partial charge in [-0.1, -0.05) is 76.3 Å². The minimum absolute atomic E-state index is 0.537. The lowest BCUT2D eigenvalue weighted by molar-refractivity contribution is 0.272. The van der Waals surface area contributed by atoms with Gasteiger partial charge in [0.2, 0.25) is 0 Å². The molecule has 2 aliphatic heterocycles. The molecule has 2 heterocycles. The fourth-order valence-electron chi connectivity index (χ4n) is 6.83. The van der Waals surface area contributed by atoms with Gasteiger partial charge in [-0.15, -0.1) is 0 Å². The predicted octanol–water partition coefficient (Wildman–Crippen LogP) is 7.62. The highest BCUT2D eigenvalue weighted by Gasteiger charge is 2.33. The molecule has 0 unspecified atom stereocenters. The summed E-state index contributed by atoms with van der Waals surface area (Å²) in [6, 6.07) is 12.0. The van der Waals surface area contributed by atoms with Crippen LogP contribution in [0.4, 0.5) is 0 Å². The van der Waals surface area contributed by atoms with Crippen LogP contribution in [0.3, 0.4) is 0 Å². The molecule has 0 aromatic heterocycles. The molecule has 0 bridgehead atoms. The molecule has 1 saturated carbocycles. The number of hydrogen-bond acceptors (Lipinski definition) is 3. The Morgan fingerprint density at radius 1 is 0.921 bits per heavy atom. The first-order valence-corrected chi connectivity index (χ1v) is 16.4. The Labute approximate surface area is 239 Å². The van der Waals surface area contributed by atoms with Crippen molar-refractivity contribution in [2.45, 2.75) is 122 Å². The summed E-state index contributed by atoms with van der Waals surface area (Å²) in [7, 11) is 0. The van der Waals surface area contributed by atoms with E-state index in [1.54, 1.807) is 0 Å². The summed E-state index contributed by atoms with van der Waals surface area (Å²) >= 11 is 6.04. The molecular formula is C33H54N4S. The number of nitrogens with one attached hydrogen (secondary N) is 1. The average molecular weight is 539 g/mol. The maximum atomic E-state index is 6.04. The lowest BCUT2D eigenvalue weighted by Gasteiger charge is -2.28. The lowest BCUT2D eigenvalue weighted by atomic mass is 9.86. The van der Waals surface area contributed by atoms with Gasteiger partial charge in [-0.25, -0.2) is 0 Å². The first-order valence-electron chi connectivity index (χ1n) is 16.0. The number of thiocarbonyl (C=S) groups is 1. The Bertz CT molecular complexity index is 848. The highest BCUT2D eigenvalue weighted by molar-refractivity contribution is 7.80. The van der Waals surface area contributed by atoms with Crippen LogP contribution in [0.15, 0.2) is 35.3 Å². The van der Waals surface area contributed by atoms with Crippen molar-refractivity contribution in [3.05, 3.63) is 35.9 Å². The van der Waals surface area contributed by atoms with Crippen molar-refractivity contribution in [1.82, 2.24) is 15.1 Å². The smallest absolute Gasteiger partial charge is 0.171 e. The molecule has 2 atom stereocenters. The molecule has 3 aliphatic rings. The first kappa shape index (κ1) is 29.4. The summed E-state index contributed by atoms with van der Waals surface area (Å²) < 4.78 is 0. The standard InChI is InChI=1S/C33H54N4S/c1-27(2)24-31-26-36(33(38)37(31)23-13-19-29-16-7-4-8-17-29)22-12-11-20-30-25-34-32(35-30)21-10-9-18-28-14-5-3-6-15-28/h3,5-6,14-15,27,29-31H,4,7-13,16-26H2,1-2H3,(H,34,35)/t30-,31+/m0/s1. The minimum Gasteiger partial charge on any atom is -0.369 e. The third kappa shape index (κ3) is 9.54. The van der Waals surface area contributed by atoms with E-state index < -0.39 is 0 Å². The number of amidine groups is 1. The molecule has 4 rings (SSSR count). The van der Waals surface area contributed by atoms with Gasteiger partial charge in [-0.05, 0) is 87.4 Å². The molecule has 1 N–H and O–H groups in total. The number of unbranched alkanes of at least 4 members (excludes halogenated alkanes) is 2. The van der Waals surface area contributed by atoms with Gasteiger partial charge in [0.15, 0.2) is 5.11 Å². The molecule has 0 amide bonds. The third-order valence-electron chi connectivity index (χ3n) is 8.94. The zero-order chi connectivity index (χ0) is 26.6. The summed E-state index contributed by atoms with van der Waals surface area (Å²) in [4.78, 5) is 9.94. The molecule has 5 heteroatoms. The Balaban J connectivity index is 1.09. The van der Waals surface area contributed by atoms with Crippen molar-refractivity contribution in [1.29, 1.82) is 0 Å². The van der Waals surface area contributed by atoms with E-state index in [1.807, 2.05) is 0 Å². The molecule has 1 aliphatic carbocycles. The van der Waals surface area contributed by atoms with Crippen LogP contribution in [0, 0.1) is 11.8 Å². The Kier molecular flexibility index (Phi) is 12.2. The third-order valence-corrected chi connectivity index (χ3v) is 9.44. The molecule has 1 aromatic carbocycles. The topological polar surface area (TPSA) is 30.9 Å². The van der Waals surface area contributed by atoms with Crippen LogP contribution in [0.2, 0.25) is 0 Å². The Morgan fingerprint density at radius 3 is 2.50 bits per heavy atom. The number of aliphatic imine (C=N–C) groups is 1. The number of hydrogen-bond donors (Lipinski definition) is 1. The van der Waals surface area contributed by atoms with E-state index in [-0.39, 0.29) is 0 Å². The second kappa shape index (κ2) is 15.8. The highest BCUT2D eigenvalue weighted by Crippen LogP contribution is 2.29. The van der Waals surface area contributed by atoms with Gasteiger partial charge in [0.1, 0.15) is 0 Å². The first-order chi connectivity index (χ1) is 18.6. The quantitative estimate of drug-likeness (QED) is 0.173. The zero-order valence-electron chi connectivity index (χ0n) is 24.4. The summed E-state index contributed by atoms with van der Waals surface area (Å²) in [5.74, 6) is 2.94. The summed E-state index contributed by atoms with van der Waals surface area (Å²) in [5.41, 5.74) is 1.45. The summed E-state index contributed by atoms with van der Waals surface area (Å²) in [5, 5.41) is 4.85. The molecule has 38 heavy (non-hydrogen) atoms. The van der Waals surface area contributed by atoms with Crippen molar-refractivity contribution in [2.24, 2.45) is 16.8 Å². The maximum Gasteiger partial charge on any atom is 0.171 e. The van der Waals surface area contributed by atoms with Gasteiger partial charge in [0, 0.05) is 38.1 Å². The normalized spacial score (nSPS) is 22.4. The number of nitrogens with zero attached hydrogens (tertiary/aromatic N) is 3.